The van der Waals surface area contributed by atoms with Crippen LogP contribution in [0.25, 0.3) is 11.1 Å². The maximum atomic E-state index is 13.1. The lowest BCUT2D eigenvalue weighted by Crippen LogP contribution is -2.51. The molecule has 1 unspecified atom stereocenters. The maximum Gasteiger partial charge on any atom is 0.322 e. The van der Waals surface area contributed by atoms with Gasteiger partial charge in [0.1, 0.15) is 0 Å². The second-order valence-electron chi connectivity index (χ2n) is 8.94. The summed E-state index contributed by atoms with van der Waals surface area (Å²) in [7, 11) is 0. The predicted octanol–water partition coefficient (Wildman–Crippen LogP) is 5.13. The van der Waals surface area contributed by atoms with Gasteiger partial charge in [0.25, 0.3) is 0 Å². The highest BCUT2D eigenvalue weighted by Crippen LogP contribution is 2.32. The first-order chi connectivity index (χ1) is 15.8. The molecule has 1 saturated heterocycles. The zero-order valence-electron chi connectivity index (χ0n) is 18.5. The van der Waals surface area contributed by atoms with Crippen molar-refractivity contribution in [1.29, 1.82) is 0 Å². The molecule has 2 heterocycles. The number of carbonyl (C=O) groups is 1. The number of piperidine rings is 1. The zero-order valence-corrected chi connectivity index (χ0v) is 18.5. The van der Waals surface area contributed by atoms with E-state index in [1.54, 1.807) is 0 Å². The number of hydrogen-bond acceptors (Lipinski definition) is 2. The Morgan fingerprint density at radius 1 is 0.906 bits per heavy atom. The van der Waals surface area contributed by atoms with Gasteiger partial charge >= 0.3 is 6.03 Å². The number of likely N-dealkylation sites (tertiary alicyclic amines) is 1. The van der Waals surface area contributed by atoms with E-state index in [0.717, 1.165) is 57.5 Å². The molecule has 0 saturated carbocycles. The Morgan fingerprint density at radius 3 is 2.50 bits per heavy atom. The first-order valence-electron chi connectivity index (χ1n) is 11.8. The van der Waals surface area contributed by atoms with E-state index in [9.17, 15) is 4.79 Å². The van der Waals surface area contributed by atoms with E-state index >= 15 is 0 Å². The molecular formula is C28H31N3O. The second kappa shape index (κ2) is 9.58. The molecule has 1 atom stereocenters. The Bertz CT molecular complexity index is 1050. The van der Waals surface area contributed by atoms with Crippen LogP contribution in [0.1, 0.15) is 24.0 Å². The molecule has 2 aliphatic rings. The number of anilines is 1. The molecule has 3 aromatic carbocycles. The third-order valence-corrected chi connectivity index (χ3v) is 6.72. The van der Waals surface area contributed by atoms with Gasteiger partial charge in [-0.1, -0.05) is 66.7 Å². The van der Waals surface area contributed by atoms with Gasteiger partial charge in [-0.05, 0) is 66.6 Å². The molecule has 1 fully saturated rings. The van der Waals surface area contributed by atoms with Crippen LogP contribution in [0, 0.1) is 0 Å². The quantitative estimate of drug-likeness (QED) is 0.615. The molecule has 2 amide bonds. The molecule has 1 N–H and O–H groups in total. The molecule has 164 valence electrons. The molecule has 0 bridgehead atoms. The molecule has 0 aromatic heterocycles. The average Bonchev–Trinajstić information content (AvgIpc) is 3.28. The second-order valence-corrected chi connectivity index (χ2v) is 8.94. The van der Waals surface area contributed by atoms with Gasteiger partial charge in [-0.25, -0.2) is 4.79 Å². The summed E-state index contributed by atoms with van der Waals surface area (Å²) in [4.78, 5) is 17.5. The van der Waals surface area contributed by atoms with Gasteiger partial charge in [-0.3, -0.25) is 4.90 Å². The molecule has 5 rings (SSSR count). The van der Waals surface area contributed by atoms with Crippen molar-refractivity contribution in [3.63, 3.8) is 0 Å². The van der Waals surface area contributed by atoms with E-state index in [2.05, 4.69) is 83.0 Å². The third-order valence-electron chi connectivity index (χ3n) is 6.72. The van der Waals surface area contributed by atoms with Gasteiger partial charge in [0.05, 0.1) is 0 Å². The van der Waals surface area contributed by atoms with Crippen molar-refractivity contribution in [2.75, 3.05) is 31.1 Å². The maximum absolute atomic E-state index is 13.1. The Kier molecular flexibility index (Phi) is 6.22. The highest BCUT2D eigenvalue weighted by molar-refractivity contribution is 5.95. The van der Waals surface area contributed by atoms with Crippen LogP contribution < -0.4 is 10.2 Å². The molecule has 3 aromatic rings. The van der Waals surface area contributed by atoms with Crippen molar-refractivity contribution in [3.8, 4) is 11.1 Å². The monoisotopic (exact) mass is 425 g/mol. The Morgan fingerprint density at radius 2 is 1.69 bits per heavy atom. The van der Waals surface area contributed by atoms with Crippen LogP contribution in [0.3, 0.4) is 0 Å². The number of benzene rings is 3. The Labute approximate surface area is 190 Å². The van der Waals surface area contributed by atoms with E-state index in [4.69, 9.17) is 0 Å². The average molecular weight is 426 g/mol. The molecule has 0 spiro atoms. The van der Waals surface area contributed by atoms with Crippen molar-refractivity contribution in [2.45, 2.75) is 31.7 Å². The minimum absolute atomic E-state index is 0.0473. The van der Waals surface area contributed by atoms with Crippen LogP contribution in [0.15, 0.2) is 78.9 Å². The normalized spacial score (nSPS) is 18.4. The largest absolute Gasteiger partial charge is 0.334 e. The van der Waals surface area contributed by atoms with Crippen LogP contribution in [-0.4, -0.2) is 43.2 Å². The summed E-state index contributed by atoms with van der Waals surface area (Å²) in [6.07, 6.45) is 4.17. The van der Waals surface area contributed by atoms with E-state index in [-0.39, 0.29) is 12.1 Å². The molecule has 0 radical (unpaired) electrons. The fourth-order valence-electron chi connectivity index (χ4n) is 4.98. The number of nitrogens with one attached hydrogen (secondary N) is 1. The van der Waals surface area contributed by atoms with Crippen molar-refractivity contribution in [2.24, 2.45) is 0 Å². The van der Waals surface area contributed by atoms with Crippen molar-refractivity contribution >= 4 is 11.7 Å². The lowest BCUT2D eigenvalue weighted by atomic mass is 10.0. The molecular weight excluding hydrogens is 394 g/mol. The van der Waals surface area contributed by atoms with Gasteiger partial charge in [-0.15, -0.1) is 0 Å². The summed E-state index contributed by atoms with van der Waals surface area (Å²) >= 11 is 0. The highest BCUT2D eigenvalue weighted by atomic mass is 16.2. The number of carbonyl (C=O) groups excluding carboxylic acids is 1. The topological polar surface area (TPSA) is 35.6 Å². The first-order valence-corrected chi connectivity index (χ1v) is 11.8. The number of fused-ring (bicyclic) bond motifs is 1. The fraction of sp³-hybridized carbons (Fsp3) is 0.321. The number of amides is 2. The summed E-state index contributed by atoms with van der Waals surface area (Å²) < 4.78 is 0. The van der Waals surface area contributed by atoms with Crippen LogP contribution >= 0.6 is 0 Å². The third kappa shape index (κ3) is 4.71. The minimum atomic E-state index is 0.0473. The van der Waals surface area contributed by atoms with Crippen molar-refractivity contribution in [1.82, 2.24) is 10.2 Å². The SMILES string of the molecule is O=C(NC1CCCN(CCc2ccccc2)C1)N1CCc2cc(-c3ccccc3)ccc21. The van der Waals surface area contributed by atoms with Crippen LogP contribution in [-0.2, 0) is 12.8 Å². The van der Waals surface area contributed by atoms with Crippen LogP contribution in [0.2, 0.25) is 0 Å². The summed E-state index contributed by atoms with van der Waals surface area (Å²) in [5.74, 6) is 0. The summed E-state index contributed by atoms with van der Waals surface area (Å²) in [6, 6.07) is 27.8. The highest BCUT2D eigenvalue weighted by Gasteiger charge is 2.28. The Hall–Kier alpha value is -3.11. The predicted molar refractivity (Wildman–Crippen MR) is 131 cm³/mol. The molecule has 2 aliphatic heterocycles. The zero-order chi connectivity index (χ0) is 21.8. The first kappa shape index (κ1) is 20.8. The lowest BCUT2D eigenvalue weighted by molar-refractivity contribution is 0.189. The molecule has 4 heteroatoms. The van der Waals surface area contributed by atoms with Gasteiger partial charge < -0.3 is 10.2 Å². The van der Waals surface area contributed by atoms with Crippen molar-refractivity contribution < 1.29 is 4.79 Å². The standard InChI is InChI=1S/C28H31N3O/c32-28(29-26-12-7-17-30(21-26)18-15-22-8-3-1-4-9-22)31-19-16-25-20-24(13-14-27(25)31)23-10-5-2-6-11-23/h1-6,8-11,13-14,20,26H,7,12,15-19,21H2,(H,29,32). The van der Waals surface area contributed by atoms with Gasteiger partial charge in [-0.2, -0.15) is 0 Å². The minimum Gasteiger partial charge on any atom is -0.334 e. The van der Waals surface area contributed by atoms with E-state index < -0.39 is 0 Å². The summed E-state index contributed by atoms with van der Waals surface area (Å²) in [5, 5.41) is 3.32. The number of rotatable bonds is 5. The lowest BCUT2D eigenvalue weighted by Gasteiger charge is -2.34. The molecule has 32 heavy (non-hydrogen) atoms. The Balaban J connectivity index is 1.19. The molecule has 0 aliphatic carbocycles. The van der Waals surface area contributed by atoms with E-state index in [1.165, 1.54) is 22.3 Å². The fourth-order valence-corrected chi connectivity index (χ4v) is 4.98. The van der Waals surface area contributed by atoms with Gasteiger partial charge in [0.2, 0.25) is 0 Å². The van der Waals surface area contributed by atoms with E-state index in [1.807, 2.05) is 11.0 Å². The molecule has 4 nitrogen and oxygen atoms in total. The van der Waals surface area contributed by atoms with Crippen molar-refractivity contribution in [3.05, 3.63) is 90.0 Å². The van der Waals surface area contributed by atoms with Gasteiger partial charge in [0.15, 0.2) is 0 Å². The van der Waals surface area contributed by atoms with E-state index in [0.29, 0.717) is 0 Å². The summed E-state index contributed by atoms with van der Waals surface area (Å²) in [6.45, 7) is 3.86. The number of hydrogen-bond donors (Lipinski definition) is 1. The summed E-state index contributed by atoms with van der Waals surface area (Å²) in [5.41, 5.74) is 6.12. The number of nitrogens with zero attached hydrogens (tertiary/aromatic N) is 2. The van der Waals surface area contributed by atoms with Crippen LogP contribution in [0.5, 0.6) is 0 Å². The van der Waals surface area contributed by atoms with Crippen LogP contribution in [0.4, 0.5) is 10.5 Å². The smallest absolute Gasteiger partial charge is 0.322 e. The number of urea groups is 1. The van der Waals surface area contributed by atoms with Gasteiger partial charge in [0, 0.05) is 31.4 Å².